The molecular weight excluding hydrogens is 192 g/mol. The zero-order chi connectivity index (χ0) is 11.4. The third-order valence-corrected chi connectivity index (χ3v) is 2.70. The molecule has 0 spiro atoms. The zero-order valence-corrected chi connectivity index (χ0v) is 9.86. The van der Waals surface area contributed by atoms with Crippen LogP contribution in [-0.4, -0.2) is 48.2 Å². The average molecular weight is 214 g/mol. The van der Waals surface area contributed by atoms with Crippen molar-refractivity contribution in [3.63, 3.8) is 0 Å². The predicted molar refractivity (Wildman–Crippen MR) is 59.9 cm³/mol. The summed E-state index contributed by atoms with van der Waals surface area (Å²) >= 11 is 0. The Morgan fingerprint density at radius 2 is 2.20 bits per heavy atom. The van der Waals surface area contributed by atoms with Crippen LogP contribution in [0.5, 0.6) is 0 Å². The summed E-state index contributed by atoms with van der Waals surface area (Å²) in [5.41, 5.74) is 0. The lowest BCUT2D eigenvalue weighted by Crippen LogP contribution is -2.37. The van der Waals surface area contributed by atoms with E-state index < -0.39 is 5.97 Å². The van der Waals surface area contributed by atoms with E-state index in [1.807, 2.05) is 0 Å². The van der Waals surface area contributed by atoms with E-state index in [4.69, 9.17) is 5.11 Å². The Balaban J connectivity index is 2.57. The first kappa shape index (κ1) is 12.5. The standard InChI is InChI=1S/C11H22N2O2/c1-8(2)5-13-6-9(3)12-4-10(7-13)11(14)15/h8-10,12H,4-7H2,1-3H3,(H,14,15). The van der Waals surface area contributed by atoms with Crippen LogP contribution in [0.25, 0.3) is 0 Å². The SMILES string of the molecule is CC(C)CN1CC(C)NCC(C(=O)O)C1. The summed E-state index contributed by atoms with van der Waals surface area (Å²) in [6.45, 7) is 9.63. The number of rotatable bonds is 3. The van der Waals surface area contributed by atoms with Gasteiger partial charge in [-0.3, -0.25) is 4.79 Å². The van der Waals surface area contributed by atoms with Crippen molar-refractivity contribution in [1.29, 1.82) is 0 Å². The van der Waals surface area contributed by atoms with Crippen molar-refractivity contribution >= 4 is 5.97 Å². The molecule has 4 nitrogen and oxygen atoms in total. The fraction of sp³-hybridized carbons (Fsp3) is 0.909. The van der Waals surface area contributed by atoms with Crippen LogP contribution in [0.15, 0.2) is 0 Å². The minimum Gasteiger partial charge on any atom is -0.481 e. The number of hydrogen-bond donors (Lipinski definition) is 2. The monoisotopic (exact) mass is 214 g/mol. The van der Waals surface area contributed by atoms with Crippen LogP contribution in [0.1, 0.15) is 20.8 Å². The summed E-state index contributed by atoms with van der Waals surface area (Å²) in [4.78, 5) is 13.2. The molecule has 0 aliphatic carbocycles. The average Bonchev–Trinajstić information content (AvgIpc) is 2.26. The number of carboxylic acids is 1. The molecule has 1 heterocycles. The van der Waals surface area contributed by atoms with Crippen LogP contribution in [0, 0.1) is 11.8 Å². The molecule has 0 aromatic heterocycles. The predicted octanol–water partition coefficient (Wildman–Crippen LogP) is 0.637. The Hall–Kier alpha value is -0.610. The van der Waals surface area contributed by atoms with Crippen molar-refractivity contribution < 1.29 is 9.90 Å². The molecule has 1 rings (SSSR count). The molecule has 2 unspecified atom stereocenters. The van der Waals surface area contributed by atoms with Crippen LogP contribution in [0.3, 0.4) is 0 Å². The van der Waals surface area contributed by atoms with E-state index in [1.54, 1.807) is 0 Å². The van der Waals surface area contributed by atoms with Gasteiger partial charge in [-0.15, -0.1) is 0 Å². The summed E-state index contributed by atoms with van der Waals surface area (Å²) in [6.07, 6.45) is 0. The number of nitrogens with zero attached hydrogens (tertiary/aromatic N) is 1. The molecule has 0 saturated carbocycles. The minimum absolute atomic E-state index is 0.270. The Morgan fingerprint density at radius 1 is 1.53 bits per heavy atom. The zero-order valence-electron chi connectivity index (χ0n) is 9.86. The minimum atomic E-state index is -0.689. The van der Waals surface area contributed by atoms with Crippen LogP contribution < -0.4 is 5.32 Å². The van der Waals surface area contributed by atoms with Gasteiger partial charge < -0.3 is 15.3 Å². The van der Waals surface area contributed by atoms with E-state index in [9.17, 15) is 4.79 Å². The van der Waals surface area contributed by atoms with Crippen molar-refractivity contribution in [3.8, 4) is 0 Å². The molecule has 2 N–H and O–H groups in total. The van der Waals surface area contributed by atoms with E-state index in [-0.39, 0.29) is 5.92 Å². The molecule has 1 fully saturated rings. The molecule has 15 heavy (non-hydrogen) atoms. The quantitative estimate of drug-likeness (QED) is 0.724. The molecule has 1 aliphatic heterocycles. The summed E-state index contributed by atoms with van der Waals surface area (Å²) in [5, 5.41) is 12.3. The van der Waals surface area contributed by atoms with E-state index in [0.29, 0.717) is 25.0 Å². The first-order valence-electron chi connectivity index (χ1n) is 5.67. The molecule has 2 atom stereocenters. The molecule has 88 valence electrons. The fourth-order valence-electron chi connectivity index (χ4n) is 2.08. The molecule has 0 radical (unpaired) electrons. The van der Waals surface area contributed by atoms with Gasteiger partial charge >= 0.3 is 5.97 Å². The highest BCUT2D eigenvalue weighted by atomic mass is 16.4. The van der Waals surface area contributed by atoms with Crippen molar-refractivity contribution in [3.05, 3.63) is 0 Å². The molecule has 4 heteroatoms. The van der Waals surface area contributed by atoms with Crippen LogP contribution in [0.2, 0.25) is 0 Å². The molecule has 0 amide bonds. The molecular formula is C11H22N2O2. The van der Waals surface area contributed by atoms with Gasteiger partial charge in [-0.2, -0.15) is 0 Å². The van der Waals surface area contributed by atoms with Gasteiger partial charge in [-0.1, -0.05) is 13.8 Å². The summed E-state index contributed by atoms with van der Waals surface area (Å²) < 4.78 is 0. The Labute approximate surface area is 91.6 Å². The number of carboxylic acid groups (broad SMARTS) is 1. The summed E-state index contributed by atoms with van der Waals surface area (Å²) in [5.74, 6) is -0.371. The molecule has 0 bridgehead atoms. The molecule has 0 aromatic rings. The number of nitrogens with one attached hydrogen (secondary N) is 1. The van der Waals surface area contributed by atoms with E-state index in [1.165, 1.54) is 0 Å². The lowest BCUT2D eigenvalue weighted by molar-refractivity contribution is -0.142. The highest BCUT2D eigenvalue weighted by Crippen LogP contribution is 2.09. The Bertz CT molecular complexity index is 219. The molecule has 1 aliphatic rings. The Morgan fingerprint density at radius 3 is 2.73 bits per heavy atom. The van der Waals surface area contributed by atoms with Crippen LogP contribution in [-0.2, 0) is 4.79 Å². The van der Waals surface area contributed by atoms with Crippen molar-refractivity contribution in [2.75, 3.05) is 26.2 Å². The van der Waals surface area contributed by atoms with Gasteiger partial charge in [0, 0.05) is 32.2 Å². The largest absolute Gasteiger partial charge is 0.481 e. The smallest absolute Gasteiger partial charge is 0.309 e. The third-order valence-electron chi connectivity index (χ3n) is 2.70. The number of hydrogen-bond acceptors (Lipinski definition) is 3. The Kier molecular flexibility index (Phi) is 4.54. The van der Waals surface area contributed by atoms with E-state index in [0.717, 1.165) is 13.1 Å². The maximum absolute atomic E-state index is 11.0. The highest BCUT2D eigenvalue weighted by molar-refractivity contribution is 5.70. The van der Waals surface area contributed by atoms with Gasteiger partial charge in [0.15, 0.2) is 0 Å². The van der Waals surface area contributed by atoms with Gasteiger partial charge in [-0.05, 0) is 12.8 Å². The van der Waals surface area contributed by atoms with Crippen molar-refractivity contribution in [2.45, 2.75) is 26.8 Å². The highest BCUT2D eigenvalue weighted by Gasteiger charge is 2.26. The maximum atomic E-state index is 11.0. The number of carbonyl (C=O) groups is 1. The lowest BCUT2D eigenvalue weighted by Gasteiger charge is -2.25. The second kappa shape index (κ2) is 5.47. The number of aliphatic carboxylic acids is 1. The first-order valence-corrected chi connectivity index (χ1v) is 5.67. The topological polar surface area (TPSA) is 52.6 Å². The molecule has 0 aromatic carbocycles. The van der Waals surface area contributed by atoms with E-state index >= 15 is 0 Å². The normalized spacial score (nSPS) is 29.1. The van der Waals surface area contributed by atoms with Crippen molar-refractivity contribution in [2.24, 2.45) is 11.8 Å². The van der Waals surface area contributed by atoms with Gasteiger partial charge in [0.25, 0.3) is 0 Å². The van der Waals surface area contributed by atoms with Crippen molar-refractivity contribution in [1.82, 2.24) is 10.2 Å². The maximum Gasteiger partial charge on any atom is 0.309 e. The van der Waals surface area contributed by atoms with E-state index in [2.05, 4.69) is 31.0 Å². The van der Waals surface area contributed by atoms with Gasteiger partial charge in [0.2, 0.25) is 0 Å². The van der Waals surface area contributed by atoms with Gasteiger partial charge in [0.1, 0.15) is 0 Å². The van der Waals surface area contributed by atoms with Gasteiger partial charge in [-0.25, -0.2) is 0 Å². The second-order valence-electron chi connectivity index (χ2n) is 4.96. The first-order chi connectivity index (χ1) is 6.99. The second-order valence-corrected chi connectivity index (χ2v) is 4.96. The van der Waals surface area contributed by atoms with Gasteiger partial charge in [0.05, 0.1) is 5.92 Å². The van der Waals surface area contributed by atoms with Crippen LogP contribution >= 0.6 is 0 Å². The summed E-state index contributed by atoms with van der Waals surface area (Å²) in [6, 6.07) is 0.382. The summed E-state index contributed by atoms with van der Waals surface area (Å²) in [7, 11) is 0. The fourth-order valence-corrected chi connectivity index (χ4v) is 2.08. The molecule has 1 saturated heterocycles. The van der Waals surface area contributed by atoms with Crippen LogP contribution in [0.4, 0.5) is 0 Å². The lowest BCUT2D eigenvalue weighted by atomic mass is 10.1. The third kappa shape index (κ3) is 4.18.